The second-order valence-corrected chi connectivity index (χ2v) is 8.78. The predicted molar refractivity (Wildman–Crippen MR) is 108 cm³/mol. The molecule has 0 aliphatic carbocycles. The molecule has 0 bridgehead atoms. The molecule has 1 aromatic carbocycles. The van der Waals surface area contributed by atoms with Crippen molar-refractivity contribution in [2.75, 3.05) is 11.3 Å². The molecule has 3 rings (SSSR count). The molecule has 9 heteroatoms. The van der Waals surface area contributed by atoms with Crippen molar-refractivity contribution in [3.63, 3.8) is 0 Å². The van der Waals surface area contributed by atoms with Crippen LogP contribution >= 0.6 is 0 Å². The standard InChI is InChI=1S/C20H23FN4O3S/c1-14(2)7-9-28-19-5-4-16(11-18(19)21)24-29(26,27)17-12-23-25(13-17)20-10-15(3)6-8-22-20/h4-6,8,10-14,24H,7,9H2,1-3H3. The summed E-state index contributed by atoms with van der Waals surface area (Å²) in [5, 5.41) is 4.06. The van der Waals surface area contributed by atoms with Crippen molar-refractivity contribution >= 4 is 15.7 Å². The number of aromatic nitrogens is 3. The van der Waals surface area contributed by atoms with Crippen LogP contribution in [-0.4, -0.2) is 29.8 Å². The van der Waals surface area contributed by atoms with E-state index >= 15 is 0 Å². The van der Waals surface area contributed by atoms with Crippen LogP contribution in [0.3, 0.4) is 0 Å². The van der Waals surface area contributed by atoms with Crippen molar-refractivity contribution in [3.8, 4) is 11.6 Å². The SMILES string of the molecule is Cc1ccnc(-n2cc(S(=O)(=O)Nc3ccc(OCCC(C)C)c(F)c3)cn2)c1. The summed E-state index contributed by atoms with van der Waals surface area (Å²) in [6.07, 6.45) is 4.98. The molecule has 0 saturated heterocycles. The fraction of sp³-hybridized carbons (Fsp3) is 0.300. The van der Waals surface area contributed by atoms with Crippen LogP contribution in [0.1, 0.15) is 25.8 Å². The molecule has 154 valence electrons. The maximum atomic E-state index is 14.2. The van der Waals surface area contributed by atoms with Gasteiger partial charge in [-0.2, -0.15) is 5.10 Å². The Balaban J connectivity index is 1.73. The second kappa shape index (κ2) is 8.60. The van der Waals surface area contributed by atoms with Crippen molar-refractivity contribution in [1.29, 1.82) is 0 Å². The minimum Gasteiger partial charge on any atom is -0.491 e. The van der Waals surface area contributed by atoms with Crippen molar-refractivity contribution in [2.24, 2.45) is 5.92 Å². The zero-order chi connectivity index (χ0) is 21.0. The molecule has 0 aliphatic heterocycles. The van der Waals surface area contributed by atoms with E-state index in [9.17, 15) is 12.8 Å². The fourth-order valence-corrected chi connectivity index (χ4v) is 3.50. The normalized spacial score (nSPS) is 11.6. The number of hydrogen-bond donors (Lipinski definition) is 1. The first-order chi connectivity index (χ1) is 13.7. The van der Waals surface area contributed by atoms with Crippen molar-refractivity contribution in [1.82, 2.24) is 14.8 Å². The quantitative estimate of drug-likeness (QED) is 0.599. The van der Waals surface area contributed by atoms with Gasteiger partial charge in [0.15, 0.2) is 17.4 Å². The third kappa shape index (κ3) is 5.32. The van der Waals surface area contributed by atoms with Gasteiger partial charge in [0, 0.05) is 12.3 Å². The molecule has 0 aliphatic rings. The van der Waals surface area contributed by atoms with Gasteiger partial charge in [0.1, 0.15) is 4.90 Å². The smallest absolute Gasteiger partial charge is 0.265 e. The largest absolute Gasteiger partial charge is 0.491 e. The lowest BCUT2D eigenvalue weighted by atomic mass is 10.1. The summed E-state index contributed by atoms with van der Waals surface area (Å²) in [7, 11) is -3.94. The van der Waals surface area contributed by atoms with Gasteiger partial charge < -0.3 is 4.74 Å². The van der Waals surface area contributed by atoms with Gasteiger partial charge in [-0.15, -0.1) is 0 Å². The Labute approximate surface area is 169 Å². The molecule has 0 atom stereocenters. The second-order valence-electron chi connectivity index (χ2n) is 7.09. The number of ether oxygens (including phenoxy) is 1. The monoisotopic (exact) mass is 418 g/mol. The highest BCUT2D eigenvalue weighted by molar-refractivity contribution is 7.92. The van der Waals surface area contributed by atoms with Gasteiger partial charge in [0.25, 0.3) is 10.0 Å². The fourth-order valence-electron chi connectivity index (χ4n) is 2.52. The number of rotatable bonds is 8. The van der Waals surface area contributed by atoms with Gasteiger partial charge >= 0.3 is 0 Å². The van der Waals surface area contributed by atoms with Crippen LogP contribution in [0.4, 0.5) is 10.1 Å². The number of halogens is 1. The number of nitrogens with zero attached hydrogens (tertiary/aromatic N) is 3. The van der Waals surface area contributed by atoms with E-state index < -0.39 is 15.8 Å². The lowest BCUT2D eigenvalue weighted by molar-refractivity contribution is 0.277. The zero-order valence-electron chi connectivity index (χ0n) is 16.5. The molecular weight excluding hydrogens is 395 g/mol. The van der Waals surface area contributed by atoms with Gasteiger partial charge in [0.05, 0.1) is 24.7 Å². The highest BCUT2D eigenvalue weighted by Gasteiger charge is 2.18. The van der Waals surface area contributed by atoms with Gasteiger partial charge in [-0.1, -0.05) is 13.8 Å². The Bertz CT molecular complexity index is 1100. The molecule has 29 heavy (non-hydrogen) atoms. The first-order valence-electron chi connectivity index (χ1n) is 9.17. The number of sulfonamides is 1. The Hall–Kier alpha value is -2.94. The molecule has 0 spiro atoms. The molecule has 7 nitrogen and oxygen atoms in total. The first-order valence-corrected chi connectivity index (χ1v) is 10.7. The van der Waals surface area contributed by atoms with E-state index in [1.807, 2.05) is 13.0 Å². The van der Waals surface area contributed by atoms with Crippen LogP contribution in [-0.2, 0) is 10.0 Å². The van der Waals surface area contributed by atoms with Crippen molar-refractivity contribution in [2.45, 2.75) is 32.1 Å². The highest BCUT2D eigenvalue weighted by Crippen LogP contribution is 2.24. The molecule has 2 heterocycles. The van der Waals surface area contributed by atoms with E-state index in [0.717, 1.165) is 18.1 Å². The summed E-state index contributed by atoms with van der Waals surface area (Å²) in [6, 6.07) is 7.57. The van der Waals surface area contributed by atoms with Crippen LogP contribution in [0.5, 0.6) is 5.75 Å². The molecular formula is C20H23FN4O3S. The number of anilines is 1. The van der Waals surface area contributed by atoms with Crippen LogP contribution in [0.2, 0.25) is 0 Å². The molecule has 0 fully saturated rings. The summed E-state index contributed by atoms with van der Waals surface area (Å²) in [4.78, 5) is 4.11. The lowest BCUT2D eigenvalue weighted by Gasteiger charge is -2.11. The van der Waals surface area contributed by atoms with Crippen LogP contribution in [0, 0.1) is 18.7 Å². The van der Waals surface area contributed by atoms with Crippen molar-refractivity contribution in [3.05, 3.63) is 60.3 Å². The highest BCUT2D eigenvalue weighted by atomic mass is 32.2. The number of aryl methyl sites for hydroxylation is 1. The molecule has 1 N–H and O–H groups in total. The Morgan fingerprint density at radius 3 is 2.72 bits per heavy atom. The van der Waals surface area contributed by atoms with E-state index in [4.69, 9.17) is 4.74 Å². The van der Waals surface area contributed by atoms with Gasteiger partial charge in [0.2, 0.25) is 0 Å². The van der Waals surface area contributed by atoms with E-state index in [2.05, 4.69) is 28.7 Å². The third-order valence-electron chi connectivity index (χ3n) is 4.14. The van der Waals surface area contributed by atoms with Gasteiger partial charge in [-0.25, -0.2) is 22.5 Å². The molecule has 0 amide bonds. The summed E-state index contributed by atoms with van der Waals surface area (Å²) in [5.41, 5.74) is 1.07. The minimum atomic E-state index is -3.94. The third-order valence-corrected chi connectivity index (χ3v) is 5.48. The number of hydrogen-bond acceptors (Lipinski definition) is 5. The van der Waals surface area contributed by atoms with Crippen LogP contribution < -0.4 is 9.46 Å². The van der Waals surface area contributed by atoms with E-state index in [0.29, 0.717) is 18.3 Å². The Morgan fingerprint density at radius 1 is 1.24 bits per heavy atom. The maximum Gasteiger partial charge on any atom is 0.265 e. The number of benzene rings is 1. The van der Waals surface area contributed by atoms with E-state index in [-0.39, 0.29) is 16.3 Å². The predicted octanol–water partition coefficient (Wildman–Crippen LogP) is 3.94. The lowest BCUT2D eigenvalue weighted by Crippen LogP contribution is -2.12. The number of nitrogens with one attached hydrogen (secondary N) is 1. The average Bonchev–Trinajstić information content (AvgIpc) is 3.14. The number of pyridine rings is 1. The molecule has 0 saturated carbocycles. The first kappa shape index (κ1) is 20.8. The van der Waals surface area contributed by atoms with Crippen LogP contribution in [0.15, 0.2) is 53.8 Å². The van der Waals surface area contributed by atoms with Gasteiger partial charge in [-0.05, 0) is 49.1 Å². The zero-order valence-corrected chi connectivity index (χ0v) is 17.3. The average molecular weight is 418 g/mol. The van der Waals surface area contributed by atoms with Crippen molar-refractivity contribution < 1.29 is 17.5 Å². The van der Waals surface area contributed by atoms with E-state index in [1.165, 1.54) is 29.2 Å². The molecule has 0 radical (unpaired) electrons. The summed E-state index contributed by atoms with van der Waals surface area (Å²) in [6.45, 7) is 6.40. The summed E-state index contributed by atoms with van der Waals surface area (Å²) >= 11 is 0. The summed E-state index contributed by atoms with van der Waals surface area (Å²) in [5.74, 6) is 0.404. The van der Waals surface area contributed by atoms with E-state index in [1.54, 1.807) is 12.3 Å². The summed E-state index contributed by atoms with van der Waals surface area (Å²) < 4.78 is 48.6. The topological polar surface area (TPSA) is 86.1 Å². The maximum absolute atomic E-state index is 14.2. The molecule has 0 unspecified atom stereocenters. The molecule has 3 aromatic rings. The Morgan fingerprint density at radius 2 is 2.03 bits per heavy atom. The Kier molecular flexibility index (Phi) is 6.17. The minimum absolute atomic E-state index is 0.0570. The molecule has 2 aromatic heterocycles. The van der Waals surface area contributed by atoms with Crippen LogP contribution in [0.25, 0.3) is 5.82 Å². The van der Waals surface area contributed by atoms with Gasteiger partial charge in [-0.3, -0.25) is 4.72 Å².